The van der Waals surface area contributed by atoms with Gasteiger partial charge in [-0.25, -0.2) is 9.36 Å². The molecule has 3 aromatic rings. The van der Waals surface area contributed by atoms with Crippen molar-refractivity contribution >= 4 is 24.5 Å². The normalized spacial score (nSPS) is 21.1. The second-order valence-corrected chi connectivity index (χ2v) is 12.2. The van der Waals surface area contributed by atoms with Gasteiger partial charge in [-0.2, -0.15) is 9.48 Å². The highest BCUT2D eigenvalue weighted by atomic mass is 31.2. The number of aliphatic hydroxyl groups is 1. The standard InChI is InChI=1S/C30H37FN3O9P/c1-5-19(6-2)17-40-29(37)18(4)33-44(39,43-25-14-10-12-20-11-8-9-13-21(20)25)42-24(7-3)27-23(35)15-26(41-27)34-16-22(31)28(36)32-30(34)38/h7-14,16,18-19,23-24,26-27,35H,3,5-6,15,17H2,1-2,4H3,(H,33,39)(H,32,36,38)/t18-,23?,24+,26+,27-,44-/m0/s1. The van der Waals surface area contributed by atoms with E-state index in [1.807, 2.05) is 37.0 Å². The van der Waals surface area contributed by atoms with Crippen molar-refractivity contribution < 1.29 is 37.4 Å². The number of hydrogen-bond acceptors (Lipinski definition) is 9. The van der Waals surface area contributed by atoms with Gasteiger partial charge in [-0.15, -0.1) is 6.58 Å². The Bertz CT molecular complexity index is 1630. The summed E-state index contributed by atoms with van der Waals surface area (Å²) in [6.07, 6.45) is -1.68. The molecule has 238 valence electrons. The van der Waals surface area contributed by atoms with Crippen molar-refractivity contribution in [1.82, 2.24) is 14.6 Å². The summed E-state index contributed by atoms with van der Waals surface area (Å²) in [6, 6.07) is 11.2. The lowest BCUT2D eigenvalue weighted by Crippen LogP contribution is -2.40. The van der Waals surface area contributed by atoms with E-state index < -0.39 is 61.4 Å². The molecular weight excluding hydrogens is 596 g/mol. The van der Waals surface area contributed by atoms with Crippen LogP contribution in [0.2, 0.25) is 0 Å². The van der Waals surface area contributed by atoms with Gasteiger partial charge in [0.2, 0.25) is 5.82 Å². The van der Waals surface area contributed by atoms with E-state index in [4.69, 9.17) is 18.5 Å². The van der Waals surface area contributed by atoms with Crippen LogP contribution in [-0.2, 0) is 23.4 Å². The van der Waals surface area contributed by atoms with E-state index in [-0.39, 0.29) is 24.7 Å². The number of carbonyl (C=O) groups is 1. The Morgan fingerprint density at radius 3 is 2.66 bits per heavy atom. The molecule has 0 spiro atoms. The number of hydrogen-bond donors (Lipinski definition) is 3. The molecule has 1 aliphatic rings. The summed E-state index contributed by atoms with van der Waals surface area (Å²) in [5.41, 5.74) is -2.14. The molecule has 12 nitrogen and oxygen atoms in total. The largest absolute Gasteiger partial charge is 0.464 e. The number of benzene rings is 2. The molecule has 6 atom stereocenters. The summed E-state index contributed by atoms with van der Waals surface area (Å²) in [5.74, 6) is -1.52. The van der Waals surface area contributed by atoms with E-state index in [2.05, 4.69) is 11.7 Å². The first-order valence-corrected chi connectivity index (χ1v) is 15.9. The lowest BCUT2D eigenvalue weighted by molar-refractivity contribution is -0.146. The Balaban J connectivity index is 1.61. The van der Waals surface area contributed by atoms with E-state index >= 15 is 0 Å². The van der Waals surface area contributed by atoms with Crippen LogP contribution in [0.1, 0.15) is 46.3 Å². The molecule has 14 heteroatoms. The van der Waals surface area contributed by atoms with Crippen molar-refractivity contribution in [3.63, 3.8) is 0 Å². The van der Waals surface area contributed by atoms with Crippen LogP contribution >= 0.6 is 7.75 Å². The SMILES string of the molecule is C=C[C@@H](O[P@@](=O)(N[C@@H](C)C(=O)OCC(CC)CC)Oc1cccc2ccccc12)[C@H]1O[C@@H](n2cc(F)c(=O)[nH]c2=O)CC1O. The molecule has 44 heavy (non-hydrogen) atoms. The number of rotatable bonds is 14. The number of H-pyrrole nitrogens is 1. The maximum atomic E-state index is 14.4. The van der Waals surface area contributed by atoms with Crippen molar-refractivity contribution in [1.29, 1.82) is 0 Å². The van der Waals surface area contributed by atoms with E-state index in [0.29, 0.717) is 11.6 Å². The Hall–Kier alpha value is -3.61. The van der Waals surface area contributed by atoms with Crippen LogP contribution in [0.15, 0.2) is 70.9 Å². The number of ether oxygens (including phenoxy) is 2. The number of carbonyl (C=O) groups excluding carboxylic acids is 1. The fourth-order valence-corrected chi connectivity index (χ4v) is 6.52. The summed E-state index contributed by atoms with van der Waals surface area (Å²) < 4.78 is 52.3. The van der Waals surface area contributed by atoms with Crippen LogP contribution in [0.3, 0.4) is 0 Å². The number of esters is 1. The van der Waals surface area contributed by atoms with Crippen LogP contribution in [0.4, 0.5) is 4.39 Å². The van der Waals surface area contributed by atoms with Gasteiger partial charge in [-0.05, 0) is 24.3 Å². The summed E-state index contributed by atoms with van der Waals surface area (Å²) in [5, 5.41) is 14.9. The van der Waals surface area contributed by atoms with Crippen LogP contribution in [0.25, 0.3) is 10.8 Å². The minimum atomic E-state index is -4.47. The average Bonchev–Trinajstić information content (AvgIpc) is 3.39. The highest BCUT2D eigenvalue weighted by Crippen LogP contribution is 2.49. The molecular formula is C30H37FN3O9P. The fraction of sp³-hybridized carbons (Fsp3) is 0.433. The van der Waals surface area contributed by atoms with Gasteiger partial charge >= 0.3 is 19.4 Å². The number of aromatic nitrogens is 2. The Morgan fingerprint density at radius 1 is 1.25 bits per heavy atom. The van der Waals surface area contributed by atoms with E-state index in [0.717, 1.165) is 22.8 Å². The van der Waals surface area contributed by atoms with Gasteiger partial charge in [0, 0.05) is 11.8 Å². The molecule has 0 amide bonds. The molecule has 1 unspecified atom stereocenters. The summed E-state index contributed by atoms with van der Waals surface area (Å²) in [6.45, 7) is 9.35. The minimum Gasteiger partial charge on any atom is -0.464 e. The third kappa shape index (κ3) is 7.72. The third-order valence-corrected chi connectivity index (χ3v) is 9.14. The zero-order chi connectivity index (χ0) is 32.0. The molecule has 1 aliphatic heterocycles. The highest BCUT2D eigenvalue weighted by molar-refractivity contribution is 7.52. The van der Waals surface area contributed by atoms with Gasteiger partial charge in [0.05, 0.1) is 18.9 Å². The molecule has 2 aromatic carbocycles. The number of nitrogens with one attached hydrogen (secondary N) is 2. The molecule has 0 saturated carbocycles. The van der Waals surface area contributed by atoms with Gasteiger partial charge in [0.15, 0.2) is 0 Å². The molecule has 1 fully saturated rings. The summed E-state index contributed by atoms with van der Waals surface area (Å²) in [4.78, 5) is 38.5. The quantitative estimate of drug-likeness (QED) is 0.134. The van der Waals surface area contributed by atoms with Gasteiger partial charge in [0.25, 0.3) is 5.56 Å². The summed E-state index contributed by atoms with van der Waals surface area (Å²) >= 11 is 0. The molecule has 4 rings (SSSR count). The molecule has 0 radical (unpaired) electrons. The first-order chi connectivity index (χ1) is 21.0. The third-order valence-electron chi connectivity index (χ3n) is 7.48. The first kappa shape index (κ1) is 33.3. The topological polar surface area (TPSA) is 158 Å². The predicted molar refractivity (Wildman–Crippen MR) is 161 cm³/mol. The second kappa shape index (κ2) is 14.4. The van der Waals surface area contributed by atoms with Crippen molar-refractivity contribution in [2.75, 3.05) is 6.61 Å². The molecule has 1 aromatic heterocycles. The monoisotopic (exact) mass is 633 g/mol. The Labute approximate surface area is 253 Å². The minimum absolute atomic E-state index is 0.170. The number of aromatic amines is 1. The Kier molecular flexibility index (Phi) is 10.9. The second-order valence-electron chi connectivity index (χ2n) is 10.5. The maximum absolute atomic E-state index is 14.4. The molecule has 1 saturated heterocycles. The van der Waals surface area contributed by atoms with Crippen molar-refractivity contribution in [3.05, 3.63) is 88.0 Å². The number of nitrogens with zero attached hydrogens (tertiary/aromatic N) is 1. The maximum Gasteiger partial charge on any atom is 0.460 e. The molecule has 0 bridgehead atoms. The summed E-state index contributed by atoms with van der Waals surface area (Å²) in [7, 11) is -4.47. The fourth-order valence-electron chi connectivity index (χ4n) is 4.84. The predicted octanol–water partition coefficient (Wildman–Crippen LogP) is 4.19. The van der Waals surface area contributed by atoms with E-state index in [1.165, 1.54) is 13.0 Å². The van der Waals surface area contributed by atoms with Crippen molar-refractivity contribution in [3.8, 4) is 5.75 Å². The van der Waals surface area contributed by atoms with Crippen LogP contribution in [0, 0.1) is 11.7 Å². The van der Waals surface area contributed by atoms with Crippen LogP contribution in [-0.4, -0.2) is 51.6 Å². The van der Waals surface area contributed by atoms with Gasteiger partial charge in [-0.3, -0.25) is 23.7 Å². The number of fused-ring (bicyclic) bond motifs is 1. The molecule has 3 N–H and O–H groups in total. The lowest BCUT2D eigenvalue weighted by atomic mass is 10.1. The zero-order valence-electron chi connectivity index (χ0n) is 24.7. The van der Waals surface area contributed by atoms with Crippen LogP contribution in [0.5, 0.6) is 5.75 Å². The zero-order valence-corrected chi connectivity index (χ0v) is 25.6. The van der Waals surface area contributed by atoms with Gasteiger partial charge in [0.1, 0.15) is 30.2 Å². The van der Waals surface area contributed by atoms with Gasteiger partial charge < -0.3 is 19.1 Å². The number of aliphatic hydroxyl groups excluding tert-OH is 1. The van der Waals surface area contributed by atoms with E-state index in [1.54, 1.807) is 24.3 Å². The van der Waals surface area contributed by atoms with Crippen LogP contribution < -0.4 is 20.9 Å². The van der Waals surface area contributed by atoms with Crippen molar-refractivity contribution in [2.45, 2.75) is 70.6 Å². The molecule has 2 heterocycles. The lowest BCUT2D eigenvalue weighted by Gasteiger charge is -2.29. The number of halogens is 1. The first-order valence-electron chi connectivity index (χ1n) is 14.4. The smallest absolute Gasteiger partial charge is 0.460 e. The Morgan fingerprint density at radius 2 is 1.95 bits per heavy atom. The highest BCUT2D eigenvalue weighted by Gasteiger charge is 2.44. The van der Waals surface area contributed by atoms with Crippen molar-refractivity contribution in [2.24, 2.45) is 5.92 Å². The van der Waals surface area contributed by atoms with E-state index in [9.17, 15) is 28.4 Å². The average molecular weight is 634 g/mol. The molecule has 0 aliphatic carbocycles. The van der Waals surface area contributed by atoms with Gasteiger partial charge in [-0.1, -0.05) is 69.2 Å².